The summed E-state index contributed by atoms with van der Waals surface area (Å²) in [6.07, 6.45) is 5.45. The summed E-state index contributed by atoms with van der Waals surface area (Å²) in [4.78, 5) is 0. The van der Waals surface area contributed by atoms with Gasteiger partial charge in [0.1, 0.15) is 5.75 Å². The van der Waals surface area contributed by atoms with Crippen LogP contribution in [0.5, 0.6) is 5.75 Å². The molecule has 0 aromatic heterocycles. The van der Waals surface area contributed by atoms with Crippen LogP contribution in [0.15, 0.2) is 18.2 Å². The molecule has 0 spiro atoms. The molecule has 4 heteroatoms. The first-order valence-electron chi connectivity index (χ1n) is 7.42. The number of hydrogen-bond acceptors (Lipinski definition) is 4. The number of nitrogen functional groups attached to an aromatic ring is 1. The van der Waals surface area contributed by atoms with Crippen LogP contribution in [0.2, 0.25) is 0 Å². The van der Waals surface area contributed by atoms with Crippen molar-refractivity contribution < 1.29 is 4.74 Å². The molecule has 114 valence electrons. The second kappa shape index (κ2) is 8.30. The zero-order valence-corrected chi connectivity index (χ0v) is 14.0. The van der Waals surface area contributed by atoms with Crippen LogP contribution in [0.3, 0.4) is 0 Å². The van der Waals surface area contributed by atoms with Gasteiger partial charge < -0.3 is 15.8 Å². The third-order valence-corrected chi connectivity index (χ3v) is 5.44. The van der Waals surface area contributed by atoms with Gasteiger partial charge in [0.15, 0.2) is 0 Å². The molecule has 20 heavy (non-hydrogen) atoms. The summed E-state index contributed by atoms with van der Waals surface area (Å²) in [6.45, 7) is 8.19. The van der Waals surface area contributed by atoms with Gasteiger partial charge in [0.2, 0.25) is 0 Å². The summed E-state index contributed by atoms with van der Waals surface area (Å²) in [5.74, 6) is 0.777. The van der Waals surface area contributed by atoms with Crippen molar-refractivity contribution in [1.82, 2.24) is 0 Å². The van der Waals surface area contributed by atoms with Gasteiger partial charge in [-0.3, -0.25) is 0 Å². The highest BCUT2D eigenvalue weighted by molar-refractivity contribution is 8.00. The SMILES string of the molecule is CCCOc1cccc(NCC(CC)(CC)SC)c1N. The van der Waals surface area contributed by atoms with Gasteiger partial charge in [-0.15, -0.1) is 0 Å². The summed E-state index contributed by atoms with van der Waals surface area (Å²) in [5.41, 5.74) is 7.87. The lowest BCUT2D eigenvalue weighted by Gasteiger charge is -2.30. The van der Waals surface area contributed by atoms with Gasteiger partial charge in [0.25, 0.3) is 0 Å². The Bertz CT molecular complexity index is 397. The number of para-hydroxylation sites is 1. The Morgan fingerprint density at radius 1 is 1.25 bits per heavy atom. The fraction of sp³-hybridized carbons (Fsp3) is 0.625. The normalized spacial score (nSPS) is 11.4. The highest BCUT2D eigenvalue weighted by atomic mass is 32.2. The average molecular weight is 296 g/mol. The molecule has 1 aromatic carbocycles. The Balaban J connectivity index is 2.77. The van der Waals surface area contributed by atoms with E-state index in [2.05, 4.69) is 32.3 Å². The molecule has 0 bridgehead atoms. The summed E-state index contributed by atoms with van der Waals surface area (Å²) in [7, 11) is 0. The van der Waals surface area contributed by atoms with Crippen LogP contribution in [0, 0.1) is 0 Å². The van der Waals surface area contributed by atoms with Crippen molar-refractivity contribution in [3.8, 4) is 5.75 Å². The topological polar surface area (TPSA) is 47.3 Å². The molecule has 0 amide bonds. The van der Waals surface area contributed by atoms with Crippen molar-refractivity contribution in [3.05, 3.63) is 18.2 Å². The second-order valence-corrected chi connectivity index (χ2v) is 6.29. The summed E-state index contributed by atoms with van der Waals surface area (Å²) in [6, 6.07) is 5.94. The standard InChI is InChI=1S/C16H28N2OS/c1-5-11-19-14-10-8-9-13(15(14)17)18-12-16(6-2,7-3)20-4/h8-10,18H,5-7,11-12,17H2,1-4H3. The van der Waals surface area contributed by atoms with Crippen LogP contribution in [0.25, 0.3) is 0 Å². The minimum absolute atomic E-state index is 0.271. The highest BCUT2D eigenvalue weighted by Crippen LogP contribution is 2.34. The molecule has 0 atom stereocenters. The van der Waals surface area contributed by atoms with E-state index >= 15 is 0 Å². The van der Waals surface area contributed by atoms with Gasteiger partial charge in [0, 0.05) is 11.3 Å². The van der Waals surface area contributed by atoms with E-state index < -0.39 is 0 Å². The van der Waals surface area contributed by atoms with Crippen molar-refractivity contribution in [2.75, 3.05) is 30.5 Å². The van der Waals surface area contributed by atoms with Crippen molar-refractivity contribution in [2.45, 2.75) is 44.8 Å². The van der Waals surface area contributed by atoms with Crippen LogP contribution in [-0.4, -0.2) is 24.2 Å². The summed E-state index contributed by atoms with van der Waals surface area (Å²) in [5, 5.41) is 3.50. The van der Waals surface area contributed by atoms with Gasteiger partial charge in [-0.1, -0.05) is 26.8 Å². The van der Waals surface area contributed by atoms with E-state index in [1.807, 2.05) is 30.0 Å². The van der Waals surface area contributed by atoms with Crippen LogP contribution in [0.4, 0.5) is 11.4 Å². The first-order valence-corrected chi connectivity index (χ1v) is 8.65. The molecule has 0 radical (unpaired) electrons. The quantitative estimate of drug-likeness (QED) is 0.663. The predicted molar refractivity (Wildman–Crippen MR) is 92.0 cm³/mol. The molecular weight excluding hydrogens is 268 g/mol. The molecule has 1 rings (SSSR count). The van der Waals surface area contributed by atoms with Gasteiger partial charge in [0.05, 0.1) is 18.0 Å². The molecule has 1 aromatic rings. The van der Waals surface area contributed by atoms with E-state index in [1.165, 1.54) is 0 Å². The lowest BCUT2D eigenvalue weighted by atomic mass is 10.0. The van der Waals surface area contributed by atoms with E-state index in [0.29, 0.717) is 12.3 Å². The minimum Gasteiger partial charge on any atom is -0.491 e. The second-order valence-electron chi connectivity index (χ2n) is 5.01. The lowest BCUT2D eigenvalue weighted by Crippen LogP contribution is -2.32. The lowest BCUT2D eigenvalue weighted by molar-refractivity contribution is 0.319. The van der Waals surface area contributed by atoms with Crippen LogP contribution < -0.4 is 15.8 Å². The van der Waals surface area contributed by atoms with Crippen molar-refractivity contribution in [2.24, 2.45) is 0 Å². The fourth-order valence-corrected chi connectivity index (χ4v) is 2.95. The molecule has 0 aliphatic heterocycles. The number of rotatable bonds is 9. The number of ether oxygens (including phenoxy) is 1. The number of hydrogen-bond donors (Lipinski definition) is 2. The van der Waals surface area contributed by atoms with E-state index in [-0.39, 0.29) is 4.75 Å². The van der Waals surface area contributed by atoms with E-state index in [0.717, 1.165) is 37.2 Å². The molecular formula is C16H28N2OS. The smallest absolute Gasteiger partial charge is 0.144 e. The predicted octanol–water partition coefficient (Wildman–Crippen LogP) is 4.39. The maximum absolute atomic E-state index is 6.18. The average Bonchev–Trinajstić information content (AvgIpc) is 2.49. The number of anilines is 2. The number of nitrogens with two attached hydrogens (primary N) is 1. The van der Waals surface area contributed by atoms with Gasteiger partial charge >= 0.3 is 0 Å². The maximum atomic E-state index is 6.18. The molecule has 0 saturated heterocycles. The van der Waals surface area contributed by atoms with E-state index in [1.54, 1.807) is 0 Å². The van der Waals surface area contributed by atoms with Crippen molar-refractivity contribution in [1.29, 1.82) is 0 Å². The molecule has 3 nitrogen and oxygen atoms in total. The molecule has 0 aliphatic rings. The summed E-state index contributed by atoms with van der Waals surface area (Å²) >= 11 is 1.93. The molecule has 0 saturated carbocycles. The van der Waals surface area contributed by atoms with Crippen LogP contribution in [0.1, 0.15) is 40.0 Å². The highest BCUT2D eigenvalue weighted by Gasteiger charge is 2.24. The third kappa shape index (κ3) is 4.23. The monoisotopic (exact) mass is 296 g/mol. The number of thioether (sulfide) groups is 1. The zero-order chi connectivity index (χ0) is 15.0. The summed E-state index contributed by atoms with van der Waals surface area (Å²) < 4.78 is 5.94. The van der Waals surface area contributed by atoms with Gasteiger partial charge in [-0.05, 0) is 37.7 Å². The molecule has 0 aliphatic carbocycles. The molecule has 0 unspecified atom stereocenters. The first kappa shape index (κ1) is 17.0. The fourth-order valence-electron chi connectivity index (χ4n) is 2.15. The molecule has 0 fully saturated rings. The van der Waals surface area contributed by atoms with E-state index in [9.17, 15) is 0 Å². The zero-order valence-electron chi connectivity index (χ0n) is 13.2. The van der Waals surface area contributed by atoms with Crippen molar-refractivity contribution in [3.63, 3.8) is 0 Å². The third-order valence-electron chi connectivity index (χ3n) is 3.85. The van der Waals surface area contributed by atoms with Crippen molar-refractivity contribution >= 4 is 23.1 Å². The van der Waals surface area contributed by atoms with Crippen LogP contribution in [-0.2, 0) is 0 Å². The Hall–Kier alpha value is -1.03. The molecule has 0 heterocycles. The Labute approximate surface area is 127 Å². The van der Waals surface area contributed by atoms with E-state index in [4.69, 9.17) is 10.5 Å². The Morgan fingerprint density at radius 2 is 1.95 bits per heavy atom. The minimum atomic E-state index is 0.271. The largest absolute Gasteiger partial charge is 0.491 e. The first-order chi connectivity index (χ1) is 9.62. The Morgan fingerprint density at radius 3 is 2.50 bits per heavy atom. The van der Waals surface area contributed by atoms with Gasteiger partial charge in [-0.25, -0.2) is 0 Å². The van der Waals surface area contributed by atoms with Gasteiger partial charge in [-0.2, -0.15) is 11.8 Å². The maximum Gasteiger partial charge on any atom is 0.144 e. The Kier molecular flexibility index (Phi) is 7.06. The molecule has 3 N–H and O–H groups in total. The number of benzene rings is 1. The van der Waals surface area contributed by atoms with Crippen LogP contribution >= 0.6 is 11.8 Å². The number of nitrogens with one attached hydrogen (secondary N) is 1.